The monoisotopic (exact) mass is 438 g/mol. The maximum absolute atomic E-state index is 5.58. The van der Waals surface area contributed by atoms with Gasteiger partial charge in [-0.15, -0.1) is 0 Å². The number of rotatable bonds is 5. The Balaban J connectivity index is 3.13. The Bertz CT molecular complexity index is 416. The van der Waals surface area contributed by atoms with Crippen LogP contribution < -0.4 is 4.74 Å². The molecule has 0 aliphatic rings. The molecule has 0 fully saturated rings. The van der Waals surface area contributed by atoms with Crippen molar-refractivity contribution in [2.75, 3.05) is 11.9 Å². The third-order valence-electron chi connectivity index (χ3n) is 2.56. The zero-order valence-electron chi connectivity index (χ0n) is 10.8. The third kappa shape index (κ3) is 4.39. The predicted molar refractivity (Wildman–Crippen MR) is 89.6 cm³/mol. The number of halogens is 3. The molecular formula is C14H17Br3O. The lowest BCUT2D eigenvalue weighted by molar-refractivity contribution is 0.336. The van der Waals surface area contributed by atoms with Gasteiger partial charge in [-0.3, -0.25) is 0 Å². The van der Waals surface area contributed by atoms with Crippen LogP contribution in [-0.2, 0) is 0 Å². The van der Waals surface area contributed by atoms with E-state index >= 15 is 0 Å². The highest BCUT2D eigenvalue weighted by Crippen LogP contribution is 2.35. The van der Waals surface area contributed by atoms with Crippen molar-refractivity contribution >= 4 is 53.9 Å². The van der Waals surface area contributed by atoms with Gasteiger partial charge in [0.05, 0.1) is 15.6 Å². The van der Waals surface area contributed by atoms with E-state index < -0.39 is 0 Å². The fraction of sp³-hybridized carbons (Fsp3) is 0.429. The highest BCUT2D eigenvalue weighted by molar-refractivity contribution is 9.11. The van der Waals surface area contributed by atoms with E-state index in [0.29, 0.717) is 12.5 Å². The van der Waals surface area contributed by atoms with Gasteiger partial charge in [0.25, 0.3) is 0 Å². The molecule has 0 saturated carbocycles. The summed E-state index contributed by atoms with van der Waals surface area (Å²) in [6.45, 7) is 7.04. The van der Waals surface area contributed by atoms with Crippen molar-refractivity contribution in [1.82, 2.24) is 0 Å². The largest absolute Gasteiger partial charge is 0.492 e. The predicted octanol–water partition coefficient (Wildman–Crippen LogP) is 6.04. The molecule has 100 valence electrons. The second kappa shape index (κ2) is 7.71. The summed E-state index contributed by atoms with van der Waals surface area (Å²) in [5.74, 6) is 1.40. The molecule has 1 nitrogen and oxygen atoms in total. The molecule has 18 heavy (non-hydrogen) atoms. The molecule has 1 aromatic carbocycles. The van der Waals surface area contributed by atoms with Gasteiger partial charge in [-0.25, -0.2) is 0 Å². The summed E-state index contributed by atoms with van der Waals surface area (Å²) in [5, 5.41) is 0.896. The molecule has 0 aliphatic heterocycles. The molecule has 0 atom stereocenters. The van der Waals surface area contributed by atoms with Crippen molar-refractivity contribution in [3.63, 3.8) is 0 Å². The van der Waals surface area contributed by atoms with E-state index in [4.69, 9.17) is 4.74 Å². The summed E-state index contributed by atoms with van der Waals surface area (Å²) in [4.78, 5) is 0. The molecule has 0 N–H and O–H groups in total. The summed E-state index contributed by atoms with van der Waals surface area (Å²) < 4.78 is 7.53. The van der Waals surface area contributed by atoms with E-state index in [-0.39, 0.29) is 0 Å². The Kier molecular flexibility index (Phi) is 6.96. The Labute approximate surface area is 134 Å². The van der Waals surface area contributed by atoms with Gasteiger partial charge in [0, 0.05) is 5.33 Å². The van der Waals surface area contributed by atoms with Crippen LogP contribution in [0.15, 0.2) is 26.7 Å². The number of allylic oxidation sites excluding steroid dienone is 1. The summed E-state index contributed by atoms with van der Waals surface area (Å²) in [7, 11) is 0. The van der Waals surface area contributed by atoms with Crippen LogP contribution in [-0.4, -0.2) is 11.9 Å². The minimum atomic E-state index is 0.536. The minimum Gasteiger partial charge on any atom is -0.492 e. The zero-order valence-corrected chi connectivity index (χ0v) is 15.5. The lowest BCUT2D eigenvalue weighted by Gasteiger charge is -2.11. The summed E-state index contributed by atoms with van der Waals surface area (Å²) >= 11 is 10.6. The molecule has 0 amide bonds. The first-order valence-corrected chi connectivity index (χ1v) is 8.58. The van der Waals surface area contributed by atoms with Crippen molar-refractivity contribution in [3.8, 4) is 5.75 Å². The van der Waals surface area contributed by atoms with Crippen molar-refractivity contribution in [2.45, 2.75) is 20.8 Å². The fourth-order valence-electron chi connectivity index (χ4n) is 1.52. The molecule has 0 spiro atoms. The van der Waals surface area contributed by atoms with Gasteiger partial charge >= 0.3 is 0 Å². The molecule has 0 radical (unpaired) electrons. The maximum atomic E-state index is 5.58. The SMILES string of the molecule is CCOc1c(Br)cc(C=C(CBr)C(C)C)cc1Br. The van der Waals surface area contributed by atoms with E-state index in [9.17, 15) is 0 Å². The number of alkyl halides is 1. The number of ether oxygens (including phenoxy) is 1. The van der Waals surface area contributed by atoms with Crippen LogP contribution >= 0.6 is 47.8 Å². The standard InChI is InChI=1S/C14H17Br3O/c1-4-18-14-12(16)6-10(7-13(14)17)5-11(8-15)9(2)3/h5-7,9H,4,8H2,1-3H3. The zero-order chi connectivity index (χ0) is 13.7. The van der Waals surface area contributed by atoms with Gasteiger partial charge in [-0.05, 0) is 62.4 Å². The normalized spacial score (nSPS) is 12.1. The topological polar surface area (TPSA) is 9.23 Å². The quantitative estimate of drug-likeness (QED) is 0.507. The summed E-state index contributed by atoms with van der Waals surface area (Å²) in [5.41, 5.74) is 2.54. The second-order valence-corrected chi connectivity index (χ2v) is 6.52. The van der Waals surface area contributed by atoms with Gasteiger partial charge in [0.15, 0.2) is 0 Å². The highest BCUT2D eigenvalue weighted by atomic mass is 79.9. The van der Waals surface area contributed by atoms with Gasteiger partial charge in [-0.2, -0.15) is 0 Å². The van der Waals surface area contributed by atoms with Crippen LogP contribution in [0.3, 0.4) is 0 Å². The number of benzene rings is 1. The highest BCUT2D eigenvalue weighted by Gasteiger charge is 2.09. The smallest absolute Gasteiger partial charge is 0.147 e. The Morgan fingerprint density at radius 3 is 2.22 bits per heavy atom. The maximum Gasteiger partial charge on any atom is 0.147 e. The molecule has 0 aliphatic carbocycles. The first-order chi connectivity index (χ1) is 8.49. The van der Waals surface area contributed by atoms with Crippen LogP contribution in [0.5, 0.6) is 5.75 Å². The van der Waals surface area contributed by atoms with E-state index in [0.717, 1.165) is 20.0 Å². The van der Waals surface area contributed by atoms with Crippen molar-refractivity contribution < 1.29 is 4.74 Å². The van der Waals surface area contributed by atoms with E-state index in [2.05, 4.69) is 79.8 Å². The van der Waals surface area contributed by atoms with E-state index in [1.807, 2.05) is 6.92 Å². The Morgan fingerprint density at radius 2 is 1.83 bits per heavy atom. The molecular weight excluding hydrogens is 424 g/mol. The number of hydrogen-bond acceptors (Lipinski definition) is 1. The van der Waals surface area contributed by atoms with Crippen LogP contribution in [0.25, 0.3) is 6.08 Å². The van der Waals surface area contributed by atoms with Gasteiger partial charge in [0.1, 0.15) is 5.75 Å². The fourth-order valence-corrected chi connectivity index (χ4v) is 3.78. The first-order valence-electron chi connectivity index (χ1n) is 5.87. The molecule has 0 bridgehead atoms. The molecule has 1 aromatic rings. The van der Waals surface area contributed by atoms with Crippen LogP contribution in [0, 0.1) is 5.92 Å². The average molecular weight is 441 g/mol. The second-order valence-electron chi connectivity index (χ2n) is 4.25. The summed E-state index contributed by atoms with van der Waals surface area (Å²) in [6, 6.07) is 4.17. The van der Waals surface area contributed by atoms with Gasteiger partial charge in [-0.1, -0.05) is 41.4 Å². The first kappa shape index (κ1) is 16.3. The number of hydrogen-bond donors (Lipinski definition) is 0. The van der Waals surface area contributed by atoms with Crippen molar-refractivity contribution in [2.24, 2.45) is 5.92 Å². The van der Waals surface area contributed by atoms with Gasteiger partial charge < -0.3 is 4.74 Å². The molecule has 0 unspecified atom stereocenters. The minimum absolute atomic E-state index is 0.536. The van der Waals surface area contributed by atoms with E-state index in [1.54, 1.807) is 0 Å². The van der Waals surface area contributed by atoms with Crippen molar-refractivity contribution in [3.05, 3.63) is 32.2 Å². The average Bonchev–Trinajstić information content (AvgIpc) is 2.30. The Morgan fingerprint density at radius 1 is 1.28 bits per heavy atom. The molecule has 0 saturated heterocycles. The third-order valence-corrected chi connectivity index (χ3v) is 4.38. The lowest BCUT2D eigenvalue weighted by Crippen LogP contribution is -1.96. The molecule has 0 aromatic heterocycles. The van der Waals surface area contributed by atoms with Crippen LogP contribution in [0.4, 0.5) is 0 Å². The van der Waals surface area contributed by atoms with Crippen LogP contribution in [0.2, 0.25) is 0 Å². The lowest BCUT2D eigenvalue weighted by atomic mass is 10.0. The van der Waals surface area contributed by atoms with Crippen molar-refractivity contribution in [1.29, 1.82) is 0 Å². The van der Waals surface area contributed by atoms with Crippen LogP contribution in [0.1, 0.15) is 26.3 Å². The molecule has 1 rings (SSSR count). The summed E-state index contributed by atoms with van der Waals surface area (Å²) in [6.07, 6.45) is 2.21. The van der Waals surface area contributed by atoms with E-state index in [1.165, 1.54) is 11.1 Å². The van der Waals surface area contributed by atoms with Gasteiger partial charge in [0.2, 0.25) is 0 Å². The molecule has 0 heterocycles. The Hall–Kier alpha value is 0.200. The molecule has 4 heteroatoms.